The summed E-state index contributed by atoms with van der Waals surface area (Å²) in [5.74, 6) is -0.293. The lowest BCUT2D eigenvalue weighted by atomic mass is 10.1. The number of anilines is 1. The van der Waals surface area contributed by atoms with E-state index in [0.29, 0.717) is 0 Å². The molecule has 0 saturated carbocycles. The highest BCUT2D eigenvalue weighted by molar-refractivity contribution is 6.40. The van der Waals surface area contributed by atoms with Crippen molar-refractivity contribution in [3.8, 4) is 0 Å². The van der Waals surface area contributed by atoms with Crippen molar-refractivity contribution >= 4 is 35.4 Å². The topological polar surface area (TPSA) is 80.4 Å². The summed E-state index contributed by atoms with van der Waals surface area (Å²) in [5.41, 5.74) is -0.706. The maximum atomic E-state index is 12.6. The molecule has 1 atom stereocenters. The monoisotopic (exact) mass is 378 g/mol. The average Bonchev–Trinajstić information content (AvgIpc) is 2.99. The molecular weight excluding hydrogens is 363 g/mol. The number of pyridine rings is 1. The third kappa shape index (κ3) is 5.31. The van der Waals surface area contributed by atoms with Gasteiger partial charge in [-0.1, -0.05) is 16.8 Å². The molecule has 1 amide bonds. The number of nitrogens with one attached hydrogen (secondary N) is 2. The Labute approximate surface area is 146 Å². The summed E-state index contributed by atoms with van der Waals surface area (Å²) >= 11 is 5.83. The van der Waals surface area contributed by atoms with Crippen LogP contribution in [0.3, 0.4) is 0 Å². The number of alkyl halides is 3. The number of carbonyl (C=O) groups excluding carboxylic acids is 1. The zero-order chi connectivity index (χ0) is 18.6. The second kappa shape index (κ2) is 7.68. The Kier molecular flexibility index (Phi) is 5.83. The smallest absolute Gasteiger partial charge is 0.387 e. The highest BCUT2D eigenvalue weighted by Crippen LogP contribution is 2.31. The fourth-order valence-electron chi connectivity index (χ4n) is 1.89. The minimum atomic E-state index is -4.48. The normalized spacial score (nSPS) is 17.4. The van der Waals surface area contributed by atoms with Crippen LogP contribution in [-0.4, -0.2) is 49.6 Å². The molecule has 0 aromatic carbocycles. The van der Waals surface area contributed by atoms with E-state index in [2.05, 4.69) is 20.4 Å². The van der Waals surface area contributed by atoms with Gasteiger partial charge in [0.15, 0.2) is 11.8 Å². The van der Waals surface area contributed by atoms with Crippen LogP contribution in [-0.2, 0) is 15.8 Å². The predicted octanol–water partition coefficient (Wildman–Crippen LogP) is 1.85. The first-order valence-corrected chi connectivity index (χ1v) is 7.54. The van der Waals surface area contributed by atoms with Crippen LogP contribution in [0.2, 0.25) is 5.02 Å². The summed E-state index contributed by atoms with van der Waals surface area (Å²) in [5, 5.41) is 6.40. The Morgan fingerprint density at radius 1 is 1.60 bits per heavy atom. The molecule has 1 aromatic heterocycles. The summed E-state index contributed by atoms with van der Waals surface area (Å²) in [4.78, 5) is 24.6. The number of hydrogen-bond donors (Lipinski definition) is 1. The van der Waals surface area contributed by atoms with E-state index in [1.54, 1.807) is 19.0 Å². The predicted molar refractivity (Wildman–Crippen MR) is 85.6 cm³/mol. The first-order chi connectivity index (χ1) is 11.7. The van der Waals surface area contributed by atoms with Crippen molar-refractivity contribution in [3.63, 3.8) is 0 Å². The molecule has 1 aliphatic heterocycles. The number of aliphatic imine (C=N–C) groups is 1. The molecule has 2 rings (SSSR count). The molecule has 0 spiro atoms. The number of nitrogens with zero attached hydrogens (tertiary/aromatic N) is 3. The maximum absolute atomic E-state index is 12.6. The molecular formula is C14H16ClF3N5O2+. The van der Waals surface area contributed by atoms with Crippen LogP contribution in [0.5, 0.6) is 0 Å². The Morgan fingerprint density at radius 2 is 2.32 bits per heavy atom. The second-order valence-electron chi connectivity index (χ2n) is 5.47. The lowest BCUT2D eigenvalue weighted by Crippen LogP contribution is -2.25. The lowest BCUT2D eigenvalue weighted by Gasteiger charge is -2.08. The molecule has 1 aromatic rings. The van der Waals surface area contributed by atoms with Crippen molar-refractivity contribution in [2.45, 2.75) is 18.7 Å². The third-order valence-electron chi connectivity index (χ3n) is 3.11. The minimum absolute atomic E-state index is 0.111. The quantitative estimate of drug-likeness (QED) is 0.626. The van der Waals surface area contributed by atoms with E-state index in [-0.39, 0.29) is 29.5 Å². The van der Waals surface area contributed by atoms with Crippen molar-refractivity contribution in [1.29, 1.82) is 0 Å². The molecule has 0 bridgehead atoms. The van der Waals surface area contributed by atoms with Gasteiger partial charge in [0.25, 0.3) is 11.7 Å². The van der Waals surface area contributed by atoms with Crippen LogP contribution in [0.25, 0.3) is 0 Å². The van der Waals surface area contributed by atoms with E-state index in [4.69, 9.17) is 16.4 Å². The van der Waals surface area contributed by atoms with Crippen LogP contribution in [0.1, 0.15) is 12.0 Å². The van der Waals surface area contributed by atoms with Crippen LogP contribution in [0.4, 0.5) is 19.0 Å². The van der Waals surface area contributed by atoms with Gasteiger partial charge in [0, 0.05) is 20.5 Å². The number of hydrogen-bond acceptors (Lipinski definition) is 4. The fourth-order valence-corrected chi connectivity index (χ4v) is 2.13. The Morgan fingerprint density at radius 3 is 2.92 bits per heavy atom. The SMILES string of the molecule is CN(C)C=NC(=O)C1=NO[C@@H](CNc2[nH+]cc(C(F)(F)F)cc2Cl)C1. The van der Waals surface area contributed by atoms with Crippen LogP contribution in [0, 0.1) is 0 Å². The zero-order valence-corrected chi connectivity index (χ0v) is 14.1. The second-order valence-corrected chi connectivity index (χ2v) is 5.88. The van der Waals surface area contributed by atoms with Gasteiger partial charge in [-0.2, -0.15) is 18.2 Å². The molecule has 0 aliphatic carbocycles. The number of aromatic amines is 1. The van der Waals surface area contributed by atoms with E-state index < -0.39 is 23.8 Å². The van der Waals surface area contributed by atoms with Crippen molar-refractivity contribution in [1.82, 2.24) is 4.90 Å². The molecule has 0 fully saturated rings. The van der Waals surface area contributed by atoms with Crippen LogP contribution < -0.4 is 10.3 Å². The lowest BCUT2D eigenvalue weighted by molar-refractivity contribution is -0.364. The maximum Gasteiger partial charge on any atom is 0.419 e. The standard InChI is InChI=1S/C14H15ClF3N5O2/c1-23(2)7-21-13(24)11-4-9(25-22-11)6-20-12-10(15)3-8(5-19-12)14(16,17)18/h3,5,7,9H,4,6H2,1-2H3,(H,19,20)/p+1/t9-/m1/s1. The summed E-state index contributed by atoms with van der Waals surface area (Å²) in [6.07, 6.45) is -2.54. The molecule has 0 saturated heterocycles. The fraction of sp³-hybridized carbons (Fsp3) is 0.429. The summed E-state index contributed by atoms with van der Waals surface area (Å²) in [7, 11) is 3.45. The van der Waals surface area contributed by atoms with Crippen LogP contribution >= 0.6 is 11.6 Å². The van der Waals surface area contributed by atoms with Crippen molar-refractivity contribution in [2.75, 3.05) is 26.0 Å². The van der Waals surface area contributed by atoms with Crippen molar-refractivity contribution in [2.24, 2.45) is 10.1 Å². The first kappa shape index (κ1) is 19.0. The van der Waals surface area contributed by atoms with Gasteiger partial charge in [0.05, 0.1) is 11.9 Å². The number of amides is 1. The number of halogens is 4. The van der Waals surface area contributed by atoms with Gasteiger partial charge in [0.2, 0.25) is 0 Å². The summed E-state index contributed by atoms with van der Waals surface area (Å²) < 4.78 is 37.7. The minimum Gasteiger partial charge on any atom is -0.387 e. The van der Waals surface area contributed by atoms with E-state index >= 15 is 0 Å². The number of H-pyrrole nitrogens is 1. The van der Waals surface area contributed by atoms with Gasteiger partial charge in [-0.3, -0.25) is 10.1 Å². The average molecular weight is 379 g/mol. The molecule has 11 heteroatoms. The molecule has 0 unspecified atom stereocenters. The molecule has 0 radical (unpaired) electrons. The highest BCUT2D eigenvalue weighted by atomic mass is 35.5. The van der Waals surface area contributed by atoms with Gasteiger partial charge < -0.3 is 9.74 Å². The summed E-state index contributed by atoms with van der Waals surface area (Å²) in [6.45, 7) is 0.194. The van der Waals surface area contributed by atoms with Crippen molar-refractivity contribution in [3.05, 3.63) is 22.8 Å². The Hall–Kier alpha value is -2.36. The van der Waals surface area contributed by atoms with Gasteiger partial charge in [-0.15, -0.1) is 0 Å². The number of aromatic nitrogens is 1. The van der Waals surface area contributed by atoms with Gasteiger partial charge in [0.1, 0.15) is 17.8 Å². The largest absolute Gasteiger partial charge is 0.419 e. The Bertz CT molecular complexity index is 706. The first-order valence-electron chi connectivity index (χ1n) is 7.16. The highest BCUT2D eigenvalue weighted by Gasteiger charge is 2.33. The number of carbonyl (C=O) groups is 1. The van der Waals surface area contributed by atoms with Crippen molar-refractivity contribution < 1.29 is 27.8 Å². The van der Waals surface area contributed by atoms with E-state index in [1.807, 2.05) is 0 Å². The molecule has 136 valence electrons. The molecule has 7 nitrogen and oxygen atoms in total. The van der Waals surface area contributed by atoms with Gasteiger partial charge >= 0.3 is 6.18 Å². The Balaban J connectivity index is 1.89. The van der Waals surface area contributed by atoms with E-state index in [0.717, 1.165) is 12.3 Å². The number of oxime groups is 1. The third-order valence-corrected chi connectivity index (χ3v) is 3.41. The van der Waals surface area contributed by atoms with Crippen LogP contribution in [0.15, 0.2) is 22.4 Å². The van der Waals surface area contributed by atoms with E-state index in [9.17, 15) is 18.0 Å². The molecule has 2 heterocycles. The zero-order valence-electron chi connectivity index (χ0n) is 13.4. The number of rotatable bonds is 5. The molecule has 1 aliphatic rings. The summed E-state index contributed by atoms with van der Waals surface area (Å²) in [6, 6.07) is 0.817. The molecule has 2 N–H and O–H groups in total. The molecule has 25 heavy (non-hydrogen) atoms. The van der Waals surface area contributed by atoms with Gasteiger partial charge in [-0.25, -0.2) is 4.98 Å². The van der Waals surface area contributed by atoms with Gasteiger partial charge in [-0.05, 0) is 6.07 Å². The van der Waals surface area contributed by atoms with E-state index in [1.165, 1.54) is 6.34 Å².